The number of aryl methyl sites for hydroxylation is 1. The van der Waals surface area contributed by atoms with Crippen LogP contribution in [0.1, 0.15) is 37.6 Å². The van der Waals surface area contributed by atoms with Crippen molar-refractivity contribution >= 4 is 33.4 Å². The number of para-hydroxylation sites is 1. The van der Waals surface area contributed by atoms with Crippen LogP contribution in [-0.2, 0) is 16.0 Å². The Hall–Kier alpha value is -1.95. The van der Waals surface area contributed by atoms with Gasteiger partial charge in [0.1, 0.15) is 0 Å². The van der Waals surface area contributed by atoms with E-state index < -0.39 is 11.4 Å². The maximum absolute atomic E-state index is 12.2. The molecule has 1 fully saturated rings. The third-order valence-electron chi connectivity index (χ3n) is 4.71. The highest BCUT2D eigenvalue weighted by Gasteiger charge is 2.41. The molecule has 6 heteroatoms. The molecule has 5 nitrogen and oxygen atoms in total. The number of carboxylic acid groups (broad SMARTS) is 1. The minimum absolute atomic E-state index is 0.0734. The quantitative estimate of drug-likeness (QED) is 0.815. The normalized spacial score (nSPS) is 20.6. The van der Waals surface area contributed by atoms with Crippen molar-refractivity contribution in [1.82, 2.24) is 9.88 Å². The molecule has 2 heterocycles. The first-order valence-electron chi connectivity index (χ1n) is 8.33. The smallest absolute Gasteiger partial charge is 0.311 e. The maximum atomic E-state index is 12.2. The number of fused-ring (bicyclic) bond motifs is 1. The summed E-state index contributed by atoms with van der Waals surface area (Å²) in [5.41, 5.74) is 0.259. The van der Waals surface area contributed by atoms with Crippen LogP contribution in [0.2, 0.25) is 0 Å². The van der Waals surface area contributed by atoms with Gasteiger partial charge in [0.15, 0.2) is 0 Å². The molecule has 1 amide bonds. The molecule has 128 valence electrons. The van der Waals surface area contributed by atoms with Crippen LogP contribution in [0.4, 0.5) is 0 Å². The Bertz CT molecular complexity index is 725. The van der Waals surface area contributed by atoms with Gasteiger partial charge >= 0.3 is 5.97 Å². The van der Waals surface area contributed by atoms with Crippen molar-refractivity contribution in [3.8, 4) is 0 Å². The van der Waals surface area contributed by atoms with Gasteiger partial charge in [0.25, 0.3) is 0 Å². The molecule has 0 saturated carbocycles. The summed E-state index contributed by atoms with van der Waals surface area (Å²) in [7, 11) is 0. The van der Waals surface area contributed by atoms with E-state index in [-0.39, 0.29) is 5.91 Å². The van der Waals surface area contributed by atoms with E-state index in [1.807, 2.05) is 18.2 Å². The fourth-order valence-corrected chi connectivity index (χ4v) is 4.10. The molecule has 1 saturated heterocycles. The predicted molar refractivity (Wildman–Crippen MR) is 94.1 cm³/mol. The van der Waals surface area contributed by atoms with Crippen LogP contribution in [0.25, 0.3) is 10.2 Å². The first kappa shape index (κ1) is 16.9. The molecule has 1 aliphatic rings. The van der Waals surface area contributed by atoms with E-state index in [0.717, 1.165) is 29.8 Å². The lowest BCUT2D eigenvalue weighted by Gasteiger charge is -2.20. The van der Waals surface area contributed by atoms with E-state index >= 15 is 0 Å². The Labute approximate surface area is 145 Å². The van der Waals surface area contributed by atoms with E-state index in [4.69, 9.17) is 0 Å². The molecule has 0 aliphatic carbocycles. The van der Waals surface area contributed by atoms with E-state index in [0.29, 0.717) is 25.9 Å². The number of aromatic nitrogens is 1. The van der Waals surface area contributed by atoms with Gasteiger partial charge in [-0.05, 0) is 44.7 Å². The molecule has 0 spiro atoms. The van der Waals surface area contributed by atoms with Gasteiger partial charge in [-0.25, -0.2) is 4.98 Å². The lowest BCUT2D eigenvalue weighted by atomic mass is 9.90. The second kappa shape index (κ2) is 6.89. The second-order valence-corrected chi connectivity index (χ2v) is 7.83. The SMILES string of the molecule is C[C@]1(C(=O)O)CCN(C(=O)CCCCc2nc3ccccc3s2)C1. The Morgan fingerprint density at radius 1 is 1.33 bits per heavy atom. The van der Waals surface area contributed by atoms with Crippen LogP contribution in [0, 0.1) is 5.41 Å². The van der Waals surface area contributed by atoms with Crippen LogP contribution in [0.3, 0.4) is 0 Å². The summed E-state index contributed by atoms with van der Waals surface area (Å²) in [6.07, 6.45) is 3.66. The molecule has 1 atom stereocenters. The number of nitrogens with zero attached hydrogens (tertiary/aromatic N) is 2. The van der Waals surface area contributed by atoms with Gasteiger partial charge in [-0.3, -0.25) is 9.59 Å². The molecule has 0 unspecified atom stereocenters. The summed E-state index contributed by atoms with van der Waals surface area (Å²) in [5.74, 6) is -0.738. The number of unbranched alkanes of at least 4 members (excludes halogenated alkanes) is 1. The van der Waals surface area contributed by atoms with E-state index in [2.05, 4.69) is 11.1 Å². The highest BCUT2D eigenvalue weighted by Crippen LogP contribution is 2.30. The third kappa shape index (κ3) is 3.59. The topological polar surface area (TPSA) is 70.5 Å². The number of amides is 1. The summed E-state index contributed by atoms with van der Waals surface area (Å²) in [5, 5.41) is 10.3. The Balaban J connectivity index is 1.43. The Morgan fingerprint density at radius 2 is 2.12 bits per heavy atom. The minimum atomic E-state index is -0.811. The van der Waals surface area contributed by atoms with E-state index in [1.54, 1.807) is 23.2 Å². The Morgan fingerprint density at radius 3 is 2.83 bits per heavy atom. The van der Waals surface area contributed by atoms with Crippen LogP contribution < -0.4 is 0 Å². The first-order valence-corrected chi connectivity index (χ1v) is 9.15. The molecule has 3 rings (SSSR count). The molecule has 24 heavy (non-hydrogen) atoms. The molecular formula is C18H22N2O3S. The van der Waals surface area contributed by atoms with Gasteiger partial charge in [0, 0.05) is 19.5 Å². The zero-order valence-corrected chi connectivity index (χ0v) is 14.6. The highest BCUT2D eigenvalue weighted by molar-refractivity contribution is 7.18. The van der Waals surface area contributed by atoms with Crippen molar-refractivity contribution in [2.45, 2.75) is 39.0 Å². The number of benzene rings is 1. The number of hydrogen-bond donors (Lipinski definition) is 1. The molecule has 1 aromatic heterocycles. The van der Waals surface area contributed by atoms with Gasteiger partial charge in [-0.2, -0.15) is 0 Å². The molecule has 1 aromatic carbocycles. The van der Waals surface area contributed by atoms with Gasteiger partial charge < -0.3 is 10.0 Å². The molecule has 0 radical (unpaired) electrons. The second-order valence-electron chi connectivity index (χ2n) is 6.71. The molecule has 1 N–H and O–H groups in total. The van der Waals surface area contributed by atoms with Crippen molar-refractivity contribution in [3.63, 3.8) is 0 Å². The fourth-order valence-electron chi connectivity index (χ4n) is 3.09. The van der Waals surface area contributed by atoms with Crippen molar-refractivity contribution < 1.29 is 14.7 Å². The van der Waals surface area contributed by atoms with Crippen molar-refractivity contribution in [2.75, 3.05) is 13.1 Å². The van der Waals surface area contributed by atoms with Gasteiger partial charge in [-0.15, -0.1) is 11.3 Å². The lowest BCUT2D eigenvalue weighted by Crippen LogP contribution is -2.34. The average molecular weight is 346 g/mol. The highest BCUT2D eigenvalue weighted by atomic mass is 32.1. The standard InChI is InChI=1S/C18H22N2O3S/c1-18(17(22)23)10-11-20(12-18)16(21)9-5-4-8-15-19-13-6-2-3-7-14(13)24-15/h2-3,6-7H,4-5,8-12H2,1H3,(H,22,23)/t18-/m0/s1. The van der Waals surface area contributed by atoms with Crippen LogP contribution in [0.15, 0.2) is 24.3 Å². The average Bonchev–Trinajstić information content (AvgIpc) is 3.15. The third-order valence-corrected chi connectivity index (χ3v) is 5.81. The van der Waals surface area contributed by atoms with Crippen LogP contribution >= 0.6 is 11.3 Å². The molecule has 0 bridgehead atoms. The van der Waals surface area contributed by atoms with Crippen molar-refractivity contribution in [2.24, 2.45) is 5.41 Å². The summed E-state index contributed by atoms with van der Waals surface area (Å²) < 4.78 is 1.20. The van der Waals surface area contributed by atoms with Gasteiger partial charge in [-0.1, -0.05) is 12.1 Å². The number of carboxylic acids is 1. The summed E-state index contributed by atoms with van der Waals surface area (Å²) in [6, 6.07) is 8.11. The monoisotopic (exact) mass is 346 g/mol. The summed E-state index contributed by atoms with van der Waals surface area (Å²) in [6.45, 7) is 2.61. The fraction of sp³-hybridized carbons (Fsp3) is 0.500. The summed E-state index contributed by atoms with van der Waals surface area (Å²) >= 11 is 1.71. The molecule has 2 aromatic rings. The van der Waals surface area contributed by atoms with Crippen molar-refractivity contribution in [3.05, 3.63) is 29.3 Å². The maximum Gasteiger partial charge on any atom is 0.311 e. The number of carbonyl (C=O) groups excluding carboxylic acids is 1. The number of aliphatic carboxylic acids is 1. The number of rotatable bonds is 6. The number of hydrogen-bond acceptors (Lipinski definition) is 4. The number of thiazole rings is 1. The lowest BCUT2D eigenvalue weighted by molar-refractivity contribution is -0.147. The summed E-state index contributed by atoms with van der Waals surface area (Å²) in [4.78, 5) is 29.8. The predicted octanol–water partition coefficient (Wildman–Crippen LogP) is 3.33. The number of likely N-dealkylation sites (tertiary alicyclic amines) is 1. The van der Waals surface area contributed by atoms with Crippen molar-refractivity contribution in [1.29, 1.82) is 0 Å². The molecular weight excluding hydrogens is 324 g/mol. The Kier molecular flexibility index (Phi) is 4.85. The zero-order valence-electron chi connectivity index (χ0n) is 13.8. The van der Waals surface area contributed by atoms with E-state index in [1.165, 1.54) is 4.70 Å². The van der Waals surface area contributed by atoms with Crippen LogP contribution in [0.5, 0.6) is 0 Å². The van der Waals surface area contributed by atoms with E-state index in [9.17, 15) is 14.7 Å². The largest absolute Gasteiger partial charge is 0.481 e. The van der Waals surface area contributed by atoms with Gasteiger partial charge in [0.05, 0.1) is 20.6 Å². The van der Waals surface area contributed by atoms with Gasteiger partial charge in [0.2, 0.25) is 5.91 Å². The van der Waals surface area contributed by atoms with Crippen LogP contribution in [-0.4, -0.2) is 40.0 Å². The molecule has 1 aliphatic heterocycles. The number of carbonyl (C=O) groups is 2. The first-order chi connectivity index (χ1) is 11.5. The minimum Gasteiger partial charge on any atom is -0.481 e. The zero-order chi connectivity index (χ0) is 17.2.